The lowest BCUT2D eigenvalue weighted by molar-refractivity contribution is 0.0383. The van der Waals surface area contributed by atoms with Gasteiger partial charge < -0.3 is 15.4 Å². The van der Waals surface area contributed by atoms with Crippen LogP contribution in [0.2, 0.25) is 5.02 Å². The molecule has 1 aromatic carbocycles. The first-order valence-electron chi connectivity index (χ1n) is 9.11. The molecule has 1 amide bonds. The van der Waals surface area contributed by atoms with Crippen molar-refractivity contribution in [1.29, 1.82) is 0 Å². The molecular formula is C20H25ClN4O2. The monoisotopic (exact) mass is 388 g/mol. The third-order valence-electron chi connectivity index (χ3n) is 4.53. The number of halogens is 1. The highest BCUT2D eigenvalue weighted by Crippen LogP contribution is 2.29. The second-order valence-electron chi connectivity index (χ2n) is 6.71. The Balaban J connectivity index is 1.54. The van der Waals surface area contributed by atoms with Gasteiger partial charge >= 0.3 is 0 Å². The van der Waals surface area contributed by atoms with Crippen molar-refractivity contribution in [1.82, 2.24) is 15.2 Å². The third-order valence-corrected chi connectivity index (χ3v) is 4.83. The van der Waals surface area contributed by atoms with Crippen LogP contribution in [0.4, 0.5) is 11.5 Å². The van der Waals surface area contributed by atoms with Crippen molar-refractivity contribution in [3.05, 3.63) is 52.2 Å². The summed E-state index contributed by atoms with van der Waals surface area (Å²) in [6.07, 6.45) is 1.57. The number of nitrogens with zero attached hydrogens (tertiary/aromatic N) is 2. The molecule has 0 spiro atoms. The summed E-state index contributed by atoms with van der Waals surface area (Å²) in [6, 6.07) is 7.51. The minimum Gasteiger partial charge on any atom is -0.379 e. The molecule has 144 valence electrons. The summed E-state index contributed by atoms with van der Waals surface area (Å²) in [5.74, 6) is 0.528. The Labute approximate surface area is 164 Å². The van der Waals surface area contributed by atoms with Gasteiger partial charge in [-0.2, -0.15) is 0 Å². The average Bonchev–Trinajstić information content (AvgIpc) is 2.66. The lowest BCUT2D eigenvalue weighted by Crippen LogP contribution is -2.41. The topological polar surface area (TPSA) is 66.5 Å². The number of anilines is 2. The maximum absolute atomic E-state index is 12.3. The zero-order valence-electron chi connectivity index (χ0n) is 15.7. The van der Waals surface area contributed by atoms with Crippen molar-refractivity contribution in [3.8, 4) is 0 Å². The van der Waals surface area contributed by atoms with Gasteiger partial charge in [-0.3, -0.25) is 9.69 Å². The Morgan fingerprint density at radius 3 is 2.70 bits per heavy atom. The number of amides is 1. The van der Waals surface area contributed by atoms with Gasteiger partial charge in [0.1, 0.15) is 5.82 Å². The molecule has 0 aliphatic carbocycles. The number of rotatable bonds is 6. The molecule has 1 saturated heterocycles. The fourth-order valence-electron chi connectivity index (χ4n) is 3.06. The number of carbonyl (C=O) groups is 1. The van der Waals surface area contributed by atoms with Crippen LogP contribution in [-0.4, -0.2) is 55.2 Å². The number of benzene rings is 1. The van der Waals surface area contributed by atoms with Crippen LogP contribution >= 0.6 is 11.6 Å². The highest BCUT2D eigenvalue weighted by Gasteiger charge is 2.12. The summed E-state index contributed by atoms with van der Waals surface area (Å²) in [4.78, 5) is 18.9. The molecule has 1 fully saturated rings. The van der Waals surface area contributed by atoms with Crippen molar-refractivity contribution in [2.75, 3.05) is 44.7 Å². The van der Waals surface area contributed by atoms with E-state index in [0.29, 0.717) is 22.9 Å². The molecule has 7 heteroatoms. The molecule has 0 atom stereocenters. The number of pyridine rings is 1. The van der Waals surface area contributed by atoms with Crippen LogP contribution in [0.15, 0.2) is 30.5 Å². The zero-order chi connectivity index (χ0) is 19.2. The molecular weight excluding hydrogens is 364 g/mol. The van der Waals surface area contributed by atoms with Gasteiger partial charge in [-0.1, -0.05) is 17.7 Å². The third kappa shape index (κ3) is 5.42. The van der Waals surface area contributed by atoms with Gasteiger partial charge in [0.15, 0.2) is 0 Å². The Hall–Kier alpha value is -2.15. The van der Waals surface area contributed by atoms with E-state index in [2.05, 4.69) is 26.6 Å². The van der Waals surface area contributed by atoms with E-state index in [-0.39, 0.29) is 5.91 Å². The molecule has 6 nitrogen and oxygen atoms in total. The van der Waals surface area contributed by atoms with Gasteiger partial charge in [-0.05, 0) is 43.2 Å². The normalized spacial score (nSPS) is 14.8. The molecule has 2 aromatic rings. The predicted molar refractivity (Wildman–Crippen MR) is 108 cm³/mol. The van der Waals surface area contributed by atoms with E-state index >= 15 is 0 Å². The highest BCUT2D eigenvalue weighted by molar-refractivity contribution is 6.33. The Bertz CT molecular complexity index is 766. The molecule has 1 aromatic heterocycles. The number of nitrogens with one attached hydrogen (secondary N) is 2. The Morgan fingerprint density at radius 2 is 2.04 bits per heavy atom. The molecule has 0 unspecified atom stereocenters. The van der Waals surface area contributed by atoms with E-state index in [1.54, 1.807) is 18.3 Å². The summed E-state index contributed by atoms with van der Waals surface area (Å²) in [7, 11) is 0. The van der Waals surface area contributed by atoms with Gasteiger partial charge in [0, 0.05) is 32.4 Å². The molecule has 0 bridgehead atoms. The van der Waals surface area contributed by atoms with Gasteiger partial charge in [-0.25, -0.2) is 4.98 Å². The molecule has 0 saturated carbocycles. The number of aryl methyl sites for hydroxylation is 2. The number of ether oxygens (including phenoxy) is 1. The Morgan fingerprint density at radius 1 is 1.26 bits per heavy atom. The van der Waals surface area contributed by atoms with Crippen LogP contribution in [-0.2, 0) is 4.74 Å². The van der Waals surface area contributed by atoms with Crippen molar-refractivity contribution in [2.45, 2.75) is 13.8 Å². The predicted octanol–water partition coefficient (Wildman–Crippen LogP) is 3.16. The first-order valence-corrected chi connectivity index (χ1v) is 9.49. The van der Waals surface area contributed by atoms with E-state index in [9.17, 15) is 4.79 Å². The molecule has 27 heavy (non-hydrogen) atoms. The fourth-order valence-corrected chi connectivity index (χ4v) is 3.43. The number of carbonyl (C=O) groups excluding carboxylic acids is 1. The van der Waals surface area contributed by atoms with E-state index in [1.807, 2.05) is 19.9 Å². The van der Waals surface area contributed by atoms with Crippen LogP contribution in [0.25, 0.3) is 0 Å². The zero-order valence-corrected chi connectivity index (χ0v) is 16.5. The first kappa shape index (κ1) is 19.6. The van der Waals surface area contributed by atoms with Crippen molar-refractivity contribution in [2.24, 2.45) is 0 Å². The van der Waals surface area contributed by atoms with E-state index < -0.39 is 0 Å². The van der Waals surface area contributed by atoms with E-state index in [1.165, 1.54) is 0 Å². The molecule has 2 heterocycles. The summed E-state index contributed by atoms with van der Waals surface area (Å²) in [6.45, 7) is 8.79. The first-order chi connectivity index (χ1) is 13.0. The largest absolute Gasteiger partial charge is 0.379 e. The smallest absolute Gasteiger partial charge is 0.252 e. The van der Waals surface area contributed by atoms with Gasteiger partial charge in [0.25, 0.3) is 5.91 Å². The SMILES string of the molecule is Cc1cc(C)c(Nc2ccc(C(=O)NCCN3CCOCC3)cn2)c(Cl)c1. The van der Waals surface area contributed by atoms with E-state index in [0.717, 1.165) is 49.7 Å². The minimum absolute atomic E-state index is 0.119. The van der Waals surface area contributed by atoms with Crippen LogP contribution in [0.3, 0.4) is 0 Å². The van der Waals surface area contributed by atoms with E-state index in [4.69, 9.17) is 16.3 Å². The molecule has 0 radical (unpaired) electrons. The maximum Gasteiger partial charge on any atom is 0.252 e. The fraction of sp³-hybridized carbons (Fsp3) is 0.400. The van der Waals surface area contributed by atoms with Crippen LogP contribution < -0.4 is 10.6 Å². The van der Waals surface area contributed by atoms with Crippen molar-refractivity contribution >= 4 is 29.0 Å². The second-order valence-corrected chi connectivity index (χ2v) is 7.11. The lowest BCUT2D eigenvalue weighted by Gasteiger charge is -2.26. The van der Waals surface area contributed by atoms with Crippen LogP contribution in [0.1, 0.15) is 21.5 Å². The molecule has 2 N–H and O–H groups in total. The maximum atomic E-state index is 12.3. The average molecular weight is 389 g/mol. The van der Waals surface area contributed by atoms with Crippen LogP contribution in [0.5, 0.6) is 0 Å². The molecule has 3 rings (SSSR count). The Kier molecular flexibility index (Phi) is 6.66. The lowest BCUT2D eigenvalue weighted by atomic mass is 10.1. The standard InChI is InChI=1S/C20H25ClN4O2/c1-14-11-15(2)19(17(21)12-14)24-18-4-3-16(13-23-18)20(26)22-5-6-25-7-9-27-10-8-25/h3-4,11-13H,5-10H2,1-2H3,(H,22,26)(H,23,24). The summed E-state index contributed by atoms with van der Waals surface area (Å²) in [5.41, 5.74) is 3.53. The number of hydrogen-bond donors (Lipinski definition) is 2. The highest BCUT2D eigenvalue weighted by atomic mass is 35.5. The number of aromatic nitrogens is 1. The van der Waals surface area contributed by atoms with Crippen LogP contribution in [0, 0.1) is 13.8 Å². The minimum atomic E-state index is -0.119. The molecule has 1 aliphatic heterocycles. The van der Waals surface area contributed by atoms with Crippen molar-refractivity contribution < 1.29 is 9.53 Å². The second kappa shape index (κ2) is 9.17. The summed E-state index contributed by atoms with van der Waals surface area (Å²) >= 11 is 6.32. The number of hydrogen-bond acceptors (Lipinski definition) is 5. The number of morpholine rings is 1. The summed E-state index contributed by atoms with van der Waals surface area (Å²) in [5, 5.41) is 6.82. The molecule has 1 aliphatic rings. The summed E-state index contributed by atoms with van der Waals surface area (Å²) < 4.78 is 5.32. The quantitative estimate of drug-likeness (QED) is 0.795. The van der Waals surface area contributed by atoms with Gasteiger partial charge in [0.05, 0.1) is 29.5 Å². The van der Waals surface area contributed by atoms with Gasteiger partial charge in [0.2, 0.25) is 0 Å². The van der Waals surface area contributed by atoms with Crippen molar-refractivity contribution in [3.63, 3.8) is 0 Å². The van der Waals surface area contributed by atoms with Gasteiger partial charge in [-0.15, -0.1) is 0 Å².